The maximum Gasteiger partial charge on any atom is 0.414 e. The second-order valence-electron chi connectivity index (χ2n) is 6.99. The van der Waals surface area contributed by atoms with Crippen molar-refractivity contribution < 1.29 is 23.8 Å². The van der Waals surface area contributed by atoms with Crippen LogP contribution in [0.2, 0.25) is 0 Å². The summed E-state index contributed by atoms with van der Waals surface area (Å²) in [5.74, 6) is -0.438. The SMILES string of the molecule is CCN(C[C@H]1CN(c2ccc(N3CCC(=CC#N)CC3)c(F)c2)C(=O)O1)C(=O)O. The van der Waals surface area contributed by atoms with Crippen molar-refractivity contribution in [2.45, 2.75) is 25.9 Å². The van der Waals surface area contributed by atoms with E-state index in [4.69, 9.17) is 15.1 Å². The van der Waals surface area contributed by atoms with Gasteiger partial charge in [-0.1, -0.05) is 5.57 Å². The molecule has 1 atom stereocenters. The molecule has 0 bridgehead atoms. The minimum absolute atomic E-state index is 0.0704. The number of halogens is 1. The van der Waals surface area contributed by atoms with Crippen LogP contribution in [0.5, 0.6) is 0 Å². The van der Waals surface area contributed by atoms with Crippen LogP contribution in [0.15, 0.2) is 29.8 Å². The third-order valence-electron chi connectivity index (χ3n) is 5.21. The molecule has 0 saturated carbocycles. The maximum atomic E-state index is 14.8. The Labute approximate surface area is 168 Å². The van der Waals surface area contributed by atoms with Crippen molar-refractivity contribution in [2.75, 3.05) is 42.5 Å². The smallest absolute Gasteiger partial charge is 0.414 e. The van der Waals surface area contributed by atoms with Crippen LogP contribution in [0.25, 0.3) is 0 Å². The number of benzene rings is 1. The summed E-state index contributed by atoms with van der Waals surface area (Å²) in [7, 11) is 0. The lowest BCUT2D eigenvalue weighted by Gasteiger charge is -2.30. The average Bonchev–Trinajstić information content (AvgIpc) is 3.07. The summed E-state index contributed by atoms with van der Waals surface area (Å²) in [5.41, 5.74) is 1.89. The number of piperidine rings is 1. The van der Waals surface area contributed by atoms with Crippen LogP contribution in [-0.4, -0.2) is 61.0 Å². The lowest BCUT2D eigenvalue weighted by molar-refractivity contribution is 0.0987. The Balaban J connectivity index is 1.67. The van der Waals surface area contributed by atoms with Crippen molar-refractivity contribution in [3.8, 4) is 6.07 Å². The number of anilines is 2. The van der Waals surface area contributed by atoms with Gasteiger partial charge in [0.25, 0.3) is 0 Å². The molecule has 0 spiro atoms. The van der Waals surface area contributed by atoms with Gasteiger partial charge < -0.3 is 19.6 Å². The Hall–Kier alpha value is -3.28. The summed E-state index contributed by atoms with van der Waals surface area (Å²) in [4.78, 5) is 27.7. The summed E-state index contributed by atoms with van der Waals surface area (Å²) in [6.45, 7) is 3.47. The molecule has 2 aliphatic heterocycles. The number of cyclic esters (lactones) is 1. The molecule has 2 fully saturated rings. The number of hydrogen-bond donors (Lipinski definition) is 1. The molecule has 0 radical (unpaired) electrons. The van der Waals surface area contributed by atoms with Crippen LogP contribution in [0, 0.1) is 17.1 Å². The predicted octanol–water partition coefficient (Wildman–Crippen LogP) is 3.20. The van der Waals surface area contributed by atoms with E-state index in [1.807, 2.05) is 11.0 Å². The summed E-state index contributed by atoms with van der Waals surface area (Å²) >= 11 is 0. The van der Waals surface area contributed by atoms with E-state index in [2.05, 4.69) is 0 Å². The Kier molecular flexibility index (Phi) is 6.22. The third kappa shape index (κ3) is 4.59. The number of carbonyl (C=O) groups is 2. The molecule has 0 aromatic heterocycles. The first-order valence-corrected chi connectivity index (χ1v) is 9.51. The molecular formula is C20H23FN4O4. The minimum atomic E-state index is -1.08. The fraction of sp³-hybridized carbons (Fsp3) is 0.450. The minimum Gasteiger partial charge on any atom is -0.465 e. The molecular weight excluding hydrogens is 379 g/mol. The van der Waals surface area contributed by atoms with Gasteiger partial charge in [-0.05, 0) is 38.0 Å². The standard InChI is InChI=1S/C20H23FN4O4/c1-2-23(19(26)27)12-16-13-25(20(28)29-16)15-3-4-18(17(21)11-15)24-9-6-14(5-8-22)7-10-24/h3-5,11,16H,2,6-7,9-10,12-13H2,1H3,(H,26,27)/t16-/m0/s1. The summed E-state index contributed by atoms with van der Waals surface area (Å²) in [6, 6.07) is 6.63. The van der Waals surface area contributed by atoms with E-state index in [0.29, 0.717) is 37.3 Å². The molecule has 9 heteroatoms. The zero-order valence-corrected chi connectivity index (χ0v) is 16.2. The van der Waals surface area contributed by atoms with E-state index < -0.39 is 24.1 Å². The van der Waals surface area contributed by atoms with E-state index >= 15 is 0 Å². The number of hydrogen-bond acceptors (Lipinski definition) is 5. The van der Waals surface area contributed by atoms with E-state index in [0.717, 1.165) is 10.5 Å². The summed E-state index contributed by atoms with van der Waals surface area (Å²) in [5, 5.41) is 17.9. The van der Waals surface area contributed by atoms with Crippen molar-refractivity contribution >= 4 is 23.6 Å². The molecule has 2 aliphatic rings. The maximum absolute atomic E-state index is 14.8. The van der Waals surface area contributed by atoms with E-state index in [-0.39, 0.29) is 19.6 Å². The van der Waals surface area contributed by atoms with Crippen molar-refractivity contribution in [1.82, 2.24) is 4.90 Å². The Bertz CT molecular complexity index is 857. The number of amides is 2. The second kappa shape index (κ2) is 8.82. The van der Waals surface area contributed by atoms with Gasteiger partial charge in [0.2, 0.25) is 0 Å². The van der Waals surface area contributed by atoms with Crippen molar-refractivity contribution in [3.05, 3.63) is 35.7 Å². The third-order valence-corrected chi connectivity index (χ3v) is 5.21. The highest BCUT2D eigenvalue weighted by Gasteiger charge is 2.34. The molecule has 3 rings (SSSR count). The zero-order valence-electron chi connectivity index (χ0n) is 16.2. The molecule has 8 nitrogen and oxygen atoms in total. The molecule has 2 amide bonds. The first-order chi connectivity index (χ1) is 13.9. The van der Waals surface area contributed by atoms with Crippen LogP contribution < -0.4 is 9.80 Å². The van der Waals surface area contributed by atoms with Crippen LogP contribution in [0.3, 0.4) is 0 Å². The topological polar surface area (TPSA) is 97.1 Å². The molecule has 154 valence electrons. The van der Waals surface area contributed by atoms with Gasteiger partial charge in [0.15, 0.2) is 0 Å². The van der Waals surface area contributed by atoms with Gasteiger partial charge in [-0.25, -0.2) is 14.0 Å². The zero-order chi connectivity index (χ0) is 21.0. The molecule has 1 N–H and O–H groups in total. The van der Waals surface area contributed by atoms with Crippen LogP contribution >= 0.6 is 0 Å². The molecule has 1 aromatic carbocycles. The molecule has 0 aliphatic carbocycles. The van der Waals surface area contributed by atoms with Crippen molar-refractivity contribution in [2.24, 2.45) is 0 Å². The lowest BCUT2D eigenvalue weighted by atomic mass is 10.0. The summed E-state index contributed by atoms with van der Waals surface area (Å²) in [6.07, 6.45) is 0.683. The number of carboxylic acid groups (broad SMARTS) is 1. The quantitative estimate of drug-likeness (QED) is 0.760. The monoisotopic (exact) mass is 402 g/mol. The number of ether oxygens (including phenoxy) is 1. The lowest BCUT2D eigenvalue weighted by Crippen LogP contribution is -2.38. The largest absolute Gasteiger partial charge is 0.465 e. The number of nitrogens with zero attached hydrogens (tertiary/aromatic N) is 4. The van der Waals surface area contributed by atoms with Gasteiger partial charge in [0.05, 0.1) is 30.5 Å². The van der Waals surface area contributed by atoms with Crippen LogP contribution in [-0.2, 0) is 4.74 Å². The number of rotatable bonds is 5. The summed E-state index contributed by atoms with van der Waals surface area (Å²) < 4.78 is 20.0. The van der Waals surface area contributed by atoms with E-state index in [1.165, 1.54) is 11.0 Å². The van der Waals surface area contributed by atoms with Crippen molar-refractivity contribution in [3.63, 3.8) is 0 Å². The number of likely N-dealkylation sites (N-methyl/N-ethyl adjacent to an activating group) is 1. The highest BCUT2D eigenvalue weighted by molar-refractivity contribution is 5.90. The van der Waals surface area contributed by atoms with Crippen LogP contribution in [0.4, 0.5) is 25.4 Å². The fourth-order valence-corrected chi connectivity index (χ4v) is 3.61. The first kappa shape index (κ1) is 20.5. The van der Waals surface area contributed by atoms with Gasteiger partial charge >= 0.3 is 12.2 Å². The Morgan fingerprint density at radius 3 is 2.76 bits per heavy atom. The van der Waals surface area contributed by atoms with Gasteiger partial charge in [-0.3, -0.25) is 4.90 Å². The van der Waals surface area contributed by atoms with Crippen LogP contribution in [0.1, 0.15) is 19.8 Å². The van der Waals surface area contributed by atoms with Crippen molar-refractivity contribution in [1.29, 1.82) is 5.26 Å². The molecule has 1 aromatic rings. The number of allylic oxidation sites excluding steroid dienone is 1. The fourth-order valence-electron chi connectivity index (χ4n) is 3.61. The highest BCUT2D eigenvalue weighted by Crippen LogP contribution is 2.30. The van der Waals surface area contributed by atoms with Gasteiger partial charge in [0, 0.05) is 25.7 Å². The average molecular weight is 402 g/mol. The normalized spacial score (nSPS) is 19.0. The molecule has 0 unspecified atom stereocenters. The first-order valence-electron chi connectivity index (χ1n) is 9.51. The Morgan fingerprint density at radius 1 is 1.45 bits per heavy atom. The molecule has 2 saturated heterocycles. The highest BCUT2D eigenvalue weighted by atomic mass is 19.1. The van der Waals surface area contributed by atoms with E-state index in [9.17, 15) is 14.0 Å². The van der Waals surface area contributed by atoms with E-state index in [1.54, 1.807) is 25.1 Å². The predicted molar refractivity (Wildman–Crippen MR) is 104 cm³/mol. The molecule has 2 heterocycles. The second-order valence-corrected chi connectivity index (χ2v) is 6.99. The Morgan fingerprint density at radius 2 is 2.17 bits per heavy atom. The number of nitriles is 1. The van der Waals surface area contributed by atoms with Gasteiger partial charge in [-0.2, -0.15) is 5.26 Å². The van der Waals surface area contributed by atoms with Gasteiger partial charge in [0.1, 0.15) is 11.9 Å². The molecule has 29 heavy (non-hydrogen) atoms. The number of carbonyl (C=O) groups excluding carboxylic acids is 1. The van der Waals surface area contributed by atoms with Gasteiger partial charge in [-0.15, -0.1) is 0 Å².